The normalized spacial score (nSPS) is 24.9. The highest BCUT2D eigenvalue weighted by Gasteiger charge is 2.60. The number of nitrogens with one attached hydrogen (secondary N) is 1. The van der Waals surface area contributed by atoms with Gasteiger partial charge in [-0.05, 0) is 65.1 Å². The van der Waals surface area contributed by atoms with E-state index >= 15 is 0 Å². The molecular weight excluding hydrogens is 398 g/mol. The van der Waals surface area contributed by atoms with E-state index in [4.69, 9.17) is 9.47 Å². The van der Waals surface area contributed by atoms with Crippen LogP contribution in [0.2, 0.25) is 0 Å². The first-order valence-electron chi connectivity index (χ1n) is 11.1. The van der Waals surface area contributed by atoms with E-state index in [2.05, 4.69) is 10.2 Å². The number of fused-ring (bicyclic) bond motifs is 1. The van der Waals surface area contributed by atoms with E-state index in [9.17, 15) is 14.7 Å². The van der Waals surface area contributed by atoms with Gasteiger partial charge in [0.25, 0.3) is 0 Å². The van der Waals surface area contributed by atoms with Crippen LogP contribution in [0.25, 0.3) is 0 Å². The van der Waals surface area contributed by atoms with E-state index in [-0.39, 0.29) is 18.1 Å². The van der Waals surface area contributed by atoms with E-state index < -0.39 is 17.2 Å². The molecule has 2 fully saturated rings. The van der Waals surface area contributed by atoms with Crippen LogP contribution in [0.15, 0.2) is 24.3 Å². The molecule has 2 unspecified atom stereocenters. The Morgan fingerprint density at radius 1 is 1.26 bits per heavy atom. The molecule has 2 N–H and O–H groups in total. The highest BCUT2D eigenvalue weighted by Crippen LogP contribution is 2.45. The van der Waals surface area contributed by atoms with E-state index in [0.29, 0.717) is 19.4 Å². The number of likely N-dealkylation sites (tertiary alicyclic amines) is 1. The van der Waals surface area contributed by atoms with Gasteiger partial charge in [0, 0.05) is 24.7 Å². The number of carbonyl (C=O) groups excluding carboxylic acids is 1. The molecule has 2 heterocycles. The van der Waals surface area contributed by atoms with Crippen molar-refractivity contribution in [2.75, 3.05) is 26.2 Å². The number of hydrogen-bond donors (Lipinski definition) is 2. The van der Waals surface area contributed by atoms with Crippen LogP contribution in [-0.2, 0) is 4.79 Å². The fourth-order valence-electron chi connectivity index (χ4n) is 4.88. The summed E-state index contributed by atoms with van der Waals surface area (Å²) in [4.78, 5) is 28.7. The molecule has 2 aliphatic heterocycles. The van der Waals surface area contributed by atoms with Gasteiger partial charge in [0.05, 0.1) is 0 Å². The van der Waals surface area contributed by atoms with Crippen LogP contribution in [0.4, 0.5) is 4.79 Å². The molecule has 2 amide bonds. The molecule has 0 radical (unpaired) electrons. The maximum absolute atomic E-state index is 13.1. The second kappa shape index (κ2) is 8.22. The molecule has 8 heteroatoms. The van der Waals surface area contributed by atoms with Gasteiger partial charge in [0.1, 0.15) is 18.2 Å². The lowest BCUT2D eigenvalue weighted by molar-refractivity contribution is -0.130. The zero-order valence-electron chi connectivity index (χ0n) is 18.6. The summed E-state index contributed by atoms with van der Waals surface area (Å²) in [6.45, 7) is 8.42. The van der Waals surface area contributed by atoms with E-state index in [1.54, 1.807) is 0 Å². The Bertz CT molecular complexity index is 833. The van der Waals surface area contributed by atoms with Crippen LogP contribution < -0.4 is 14.8 Å². The summed E-state index contributed by atoms with van der Waals surface area (Å²) in [7, 11) is 0. The van der Waals surface area contributed by atoms with Crippen LogP contribution in [0.1, 0.15) is 46.5 Å². The molecule has 1 saturated heterocycles. The average molecular weight is 432 g/mol. The van der Waals surface area contributed by atoms with Gasteiger partial charge in [0.15, 0.2) is 11.5 Å². The van der Waals surface area contributed by atoms with Crippen molar-refractivity contribution in [2.24, 2.45) is 0 Å². The number of hydrogen-bond acceptors (Lipinski definition) is 5. The zero-order valence-corrected chi connectivity index (χ0v) is 18.6. The summed E-state index contributed by atoms with van der Waals surface area (Å²) in [6, 6.07) is 7.69. The minimum Gasteiger partial charge on any atom is -0.486 e. The summed E-state index contributed by atoms with van der Waals surface area (Å²) in [5.41, 5.74) is -1.57. The first-order chi connectivity index (χ1) is 14.7. The van der Waals surface area contributed by atoms with Crippen molar-refractivity contribution in [1.29, 1.82) is 0 Å². The number of benzene rings is 1. The molecule has 0 bridgehead atoms. The van der Waals surface area contributed by atoms with Gasteiger partial charge in [0.2, 0.25) is 5.91 Å². The number of para-hydroxylation sites is 2. The van der Waals surface area contributed by atoms with Gasteiger partial charge >= 0.3 is 6.09 Å². The monoisotopic (exact) mass is 431 g/mol. The standard InChI is InChI=1S/C23H33N3O5/c1-22(2,3)26(21(28)29)23(10-11-23)20(27)24-16-7-6-12-25(13-16)14-17-15-30-18-8-4-5-9-19(18)31-17/h4-5,8-9,16-17H,6-7,10-15H2,1-3H3,(H,24,27)(H,28,29). The summed E-state index contributed by atoms with van der Waals surface area (Å²) < 4.78 is 11.9. The summed E-state index contributed by atoms with van der Waals surface area (Å²) in [5, 5.41) is 12.9. The Balaban J connectivity index is 1.34. The first kappa shape index (κ1) is 21.7. The van der Waals surface area contributed by atoms with Gasteiger partial charge in [-0.3, -0.25) is 14.6 Å². The minimum atomic E-state index is -1.04. The predicted molar refractivity (Wildman–Crippen MR) is 116 cm³/mol. The van der Waals surface area contributed by atoms with Crippen molar-refractivity contribution >= 4 is 12.0 Å². The number of carboxylic acid groups (broad SMARTS) is 1. The van der Waals surface area contributed by atoms with Crippen molar-refractivity contribution in [3.63, 3.8) is 0 Å². The van der Waals surface area contributed by atoms with Crippen molar-refractivity contribution in [2.45, 2.75) is 69.7 Å². The first-order valence-corrected chi connectivity index (χ1v) is 11.1. The Morgan fingerprint density at radius 3 is 2.61 bits per heavy atom. The number of rotatable bonds is 5. The lowest BCUT2D eigenvalue weighted by Crippen LogP contribution is -2.61. The van der Waals surface area contributed by atoms with E-state index in [1.807, 2.05) is 45.0 Å². The fourth-order valence-corrected chi connectivity index (χ4v) is 4.88. The van der Waals surface area contributed by atoms with Crippen molar-refractivity contribution in [3.8, 4) is 11.5 Å². The van der Waals surface area contributed by atoms with Crippen LogP contribution in [-0.4, -0.2) is 76.4 Å². The fraction of sp³-hybridized carbons (Fsp3) is 0.652. The summed E-state index contributed by atoms with van der Waals surface area (Å²) >= 11 is 0. The van der Waals surface area contributed by atoms with Crippen molar-refractivity contribution in [1.82, 2.24) is 15.1 Å². The lowest BCUT2D eigenvalue weighted by Gasteiger charge is -2.41. The maximum atomic E-state index is 13.1. The molecular formula is C23H33N3O5. The molecule has 0 aromatic heterocycles. The van der Waals surface area contributed by atoms with Gasteiger partial charge < -0.3 is 19.9 Å². The smallest absolute Gasteiger partial charge is 0.408 e. The number of piperidine rings is 1. The number of carbonyl (C=O) groups is 2. The molecule has 1 saturated carbocycles. The number of ether oxygens (including phenoxy) is 2. The number of amides is 2. The molecule has 8 nitrogen and oxygen atoms in total. The second-order valence-electron chi connectivity index (χ2n) is 9.89. The molecule has 4 rings (SSSR count). The minimum absolute atomic E-state index is 0.00568. The number of nitrogens with zero attached hydrogens (tertiary/aromatic N) is 2. The molecule has 2 atom stereocenters. The molecule has 31 heavy (non-hydrogen) atoms. The Morgan fingerprint density at radius 2 is 1.97 bits per heavy atom. The second-order valence-corrected chi connectivity index (χ2v) is 9.89. The van der Waals surface area contributed by atoms with Crippen LogP contribution >= 0.6 is 0 Å². The predicted octanol–water partition coefficient (Wildman–Crippen LogP) is 2.72. The SMILES string of the molecule is CC(C)(C)N(C(=O)O)C1(C(=O)NC2CCCN(CC3COc4ccccc4O3)C2)CC1. The third kappa shape index (κ3) is 4.59. The average Bonchev–Trinajstić information content (AvgIpc) is 3.48. The summed E-state index contributed by atoms with van der Waals surface area (Å²) in [6.07, 6.45) is 1.93. The molecule has 3 aliphatic rings. The molecule has 1 aliphatic carbocycles. The van der Waals surface area contributed by atoms with Gasteiger partial charge in [-0.15, -0.1) is 0 Å². The van der Waals surface area contributed by atoms with Gasteiger partial charge in [-0.25, -0.2) is 4.79 Å². The van der Waals surface area contributed by atoms with Crippen LogP contribution in [0.5, 0.6) is 11.5 Å². The van der Waals surface area contributed by atoms with Gasteiger partial charge in [-0.2, -0.15) is 0 Å². The highest BCUT2D eigenvalue weighted by molar-refractivity contribution is 5.93. The maximum Gasteiger partial charge on any atom is 0.408 e. The van der Waals surface area contributed by atoms with E-state index in [1.165, 1.54) is 4.90 Å². The third-order valence-electron chi connectivity index (χ3n) is 6.31. The molecule has 1 aromatic carbocycles. The highest BCUT2D eigenvalue weighted by atomic mass is 16.6. The Kier molecular flexibility index (Phi) is 5.77. The van der Waals surface area contributed by atoms with Crippen LogP contribution in [0, 0.1) is 0 Å². The molecule has 170 valence electrons. The lowest BCUT2D eigenvalue weighted by atomic mass is 10.00. The topological polar surface area (TPSA) is 91.3 Å². The zero-order chi connectivity index (χ0) is 22.2. The molecule has 0 spiro atoms. The Hall–Kier alpha value is -2.48. The third-order valence-corrected chi connectivity index (χ3v) is 6.31. The van der Waals surface area contributed by atoms with E-state index in [0.717, 1.165) is 44.0 Å². The quantitative estimate of drug-likeness (QED) is 0.745. The summed E-state index contributed by atoms with van der Waals surface area (Å²) in [5.74, 6) is 1.38. The molecule has 1 aromatic rings. The van der Waals surface area contributed by atoms with Crippen LogP contribution in [0.3, 0.4) is 0 Å². The Labute approximate surface area is 183 Å². The largest absolute Gasteiger partial charge is 0.486 e. The van der Waals surface area contributed by atoms with Crippen molar-refractivity contribution in [3.05, 3.63) is 24.3 Å². The van der Waals surface area contributed by atoms with Crippen molar-refractivity contribution < 1.29 is 24.2 Å². The van der Waals surface area contributed by atoms with Gasteiger partial charge in [-0.1, -0.05) is 12.1 Å².